The number of piperazine rings is 1. The molecule has 2 heterocycles. The second-order valence-corrected chi connectivity index (χ2v) is 5.17. The largest absolute Gasteiger partial charge is 0.350 e. The van der Waals surface area contributed by atoms with E-state index in [4.69, 9.17) is 0 Å². The molecule has 2 amide bonds. The van der Waals surface area contributed by atoms with Crippen molar-refractivity contribution >= 4 is 11.8 Å². The summed E-state index contributed by atoms with van der Waals surface area (Å²) in [5, 5.41) is 3.00. The van der Waals surface area contributed by atoms with Crippen LogP contribution in [0.2, 0.25) is 0 Å². The Labute approximate surface area is 112 Å². The van der Waals surface area contributed by atoms with Crippen LogP contribution in [0.3, 0.4) is 0 Å². The maximum absolute atomic E-state index is 12.5. The van der Waals surface area contributed by atoms with Crippen molar-refractivity contribution < 1.29 is 9.59 Å². The first kappa shape index (κ1) is 12.1. The normalized spacial score (nSPS) is 26.5. The van der Waals surface area contributed by atoms with Crippen LogP contribution in [0.15, 0.2) is 24.4 Å². The van der Waals surface area contributed by atoms with Crippen molar-refractivity contribution in [3.63, 3.8) is 0 Å². The van der Waals surface area contributed by atoms with Crippen LogP contribution in [0.4, 0.5) is 0 Å². The Morgan fingerprint density at radius 3 is 2.95 bits per heavy atom. The lowest BCUT2D eigenvalue weighted by Crippen LogP contribution is -2.63. The highest BCUT2D eigenvalue weighted by molar-refractivity contribution is 5.96. The summed E-state index contributed by atoms with van der Waals surface area (Å²) in [5.74, 6) is -0.195. The molecule has 2 aliphatic rings. The lowest BCUT2D eigenvalue weighted by Gasteiger charge is -2.43. The van der Waals surface area contributed by atoms with Crippen LogP contribution in [-0.2, 0) is 4.79 Å². The van der Waals surface area contributed by atoms with Gasteiger partial charge in [0.05, 0.1) is 6.04 Å². The molecule has 1 aromatic rings. The summed E-state index contributed by atoms with van der Waals surface area (Å²) >= 11 is 0. The van der Waals surface area contributed by atoms with Gasteiger partial charge in [-0.1, -0.05) is 18.9 Å². The molecule has 5 heteroatoms. The average molecular weight is 259 g/mol. The van der Waals surface area contributed by atoms with E-state index < -0.39 is 0 Å². The van der Waals surface area contributed by atoms with Gasteiger partial charge in [-0.3, -0.25) is 14.6 Å². The number of carbonyl (C=O) groups excluding carboxylic acids is 2. The Morgan fingerprint density at radius 2 is 2.16 bits per heavy atom. The molecular weight excluding hydrogens is 242 g/mol. The lowest BCUT2D eigenvalue weighted by atomic mass is 9.87. The number of carbonyl (C=O) groups is 2. The minimum absolute atomic E-state index is 0.0626. The summed E-state index contributed by atoms with van der Waals surface area (Å²) in [6.07, 6.45) is 5.76. The van der Waals surface area contributed by atoms with Gasteiger partial charge in [-0.05, 0) is 25.0 Å². The molecule has 1 aliphatic heterocycles. The molecule has 2 atom stereocenters. The topological polar surface area (TPSA) is 62.3 Å². The standard InChI is InChI=1S/C14H17N3O2/c18-13-9-17(12-7-2-1-5-10(12)16-13)14(19)11-6-3-4-8-15-11/h3-4,6,8,10,12H,1-2,5,7,9H2,(H,16,18)/t10-,12+/m0/s1. The van der Waals surface area contributed by atoms with Gasteiger partial charge < -0.3 is 10.2 Å². The molecular formula is C14H17N3O2. The summed E-state index contributed by atoms with van der Waals surface area (Å²) in [5.41, 5.74) is 0.418. The highest BCUT2D eigenvalue weighted by atomic mass is 16.2. The van der Waals surface area contributed by atoms with Crippen LogP contribution >= 0.6 is 0 Å². The fourth-order valence-corrected chi connectivity index (χ4v) is 3.04. The molecule has 19 heavy (non-hydrogen) atoms. The summed E-state index contributed by atoms with van der Waals surface area (Å²) in [6, 6.07) is 5.52. The summed E-state index contributed by atoms with van der Waals surface area (Å²) < 4.78 is 0. The first-order valence-corrected chi connectivity index (χ1v) is 6.77. The Kier molecular flexibility index (Phi) is 3.19. The number of rotatable bonds is 1. The number of hydrogen-bond donors (Lipinski definition) is 1. The number of pyridine rings is 1. The van der Waals surface area contributed by atoms with Crippen molar-refractivity contribution in [2.24, 2.45) is 0 Å². The predicted octanol–water partition coefficient (Wildman–Crippen LogP) is 0.965. The highest BCUT2D eigenvalue weighted by Gasteiger charge is 2.39. The fraction of sp³-hybridized carbons (Fsp3) is 0.500. The van der Waals surface area contributed by atoms with Crippen LogP contribution in [0, 0.1) is 0 Å². The third-order valence-electron chi connectivity index (χ3n) is 3.94. The molecule has 1 aromatic heterocycles. The predicted molar refractivity (Wildman–Crippen MR) is 69.5 cm³/mol. The molecule has 5 nitrogen and oxygen atoms in total. The Bertz CT molecular complexity index is 489. The van der Waals surface area contributed by atoms with E-state index >= 15 is 0 Å². The number of amides is 2. The molecule has 2 fully saturated rings. The van der Waals surface area contributed by atoms with Gasteiger partial charge in [-0.25, -0.2) is 0 Å². The number of nitrogens with zero attached hydrogens (tertiary/aromatic N) is 2. The van der Waals surface area contributed by atoms with Crippen molar-refractivity contribution in [2.45, 2.75) is 37.8 Å². The number of hydrogen-bond acceptors (Lipinski definition) is 3. The van der Waals surface area contributed by atoms with Crippen LogP contribution < -0.4 is 5.32 Å². The van der Waals surface area contributed by atoms with E-state index in [9.17, 15) is 9.59 Å². The SMILES string of the molecule is O=C1CN(C(=O)c2ccccn2)[C@@H]2CCCC[C@@H]2N1. The van der Waals surface area contributed by atoms with E-state index in [1.54, 1.807) is 29.3 Å². The van der Waals surface area contributed by atoms with Gasteiger partial charge in [0.15, 0.2) is 0 Å². The van der Waals surface area contributed by atoms with Crippen molar-refractivity contribution in [2.75, 3.05) is 6.54 Å². The van der Waals surface area contributed by atoms with E-state index in [-0.39, 0.29) is 30.4 Å². The molecule has 1 N–H and O–H groups in total. The molecule has 0 radical (unpaired) electrons. The zero-order valence-electron chi connectivity index (χ0n) is 10.7. The Hall–Kier alpha value is -1.91. The summed E-state index contributed by atoms with van der Waals surface area (Å²) in [6.45, 7) is 0.149. The smallest absolute Gasteiger partial charge is 0.273 e. The first-order chi connectivity index (χ1) is 9.25. The van der Waals surface area contributed by atoms with Crippen LogP contribution in [-0.4, -0.2) is 40.3 Å². The van der Waals surface area contributed by atoms with Gasteiger partial charge in [0.1, 0.15) is 12.2 Å². The minimum Gasteiger partial charge on any atom is -0.350 e. The number of nitrogens with one attached hydrogen (secondary N) is 1. The lowest BCUT2D eigenvalue weighted by molar-refractivity contribution is -0.127. The Balaban J connectivity index is 1.85. The van der Waals surface area contributed by atoms with E-state index in [0.29, 0.717) is 5.69 Å². The first-order valence-electron chi connectivity index (χ1n) is 6.77. The van der Waals surface area contributed by atoms with Gasteiger partial charge in [-0.15, -0.1) is 0 Å². The van der Waals surface area contributed by atoms with E-state index in [2.05, 4.69) is 10.3 Å². The molecule has 100 valence electrons. The average Bonchev–Trinajstić information content (AvgIpc) is 2.46. The van der Waals surface area contributed by atoms with Crippen molar-refractivity contribution in [3.8, 4) is 0 Å². The van der Waals surface area contributed by atoms with Gasteiger partial charge >= 0.3 is 0 Å². The third-order valence-corrected chi connectivity index (χ3v) is 3.94. The molecule has 1 saturated carbocycles. The second-order valence-electron chi connectivity index (χ2n) is 5.17. The molecule has 1 aliphatic carbocycles. The quantitative estimate of drug-likeness (QED) is 0.817. The van der Waals surface area contributed by atoms with Crippen LogP contribution in [0.25, 0.3) is 0 Å². The molecule has 0 spiro atoms. The second kappa shape index (κ2) is 4.99. The number of fused-ring (bicyclic) bond motifs is 1. The number of aromatic nitrogens is 1. The Morgan fingerprint density at radius 1 is 1.32 bits per heavy atom. The van der Waals surface area contributed by atoms with Gasteiger partial charge in [0, 0.05) is 12.2 Å². The van der Waals surface area contributed by atoms with Gasteiger partial charge in [-0.2, -0.15) is 0 Å². The molecule has 0 unspecified atom stereocenters. The maximum Gasteiger partial charge on any atom is 0.273 e. The van der Waals surface area contributed by atoms with E-state index in [1.165, 1.54) is 0 Å². The van der Waals surface area contributed by atoms with Crippen LogP contribution in [0.5, 0.6) is 0 Å². The van der Waals surface area contributed by atoms with Crippen LogP contribution in [0.1, 0.15) is 36.2 Å². The maximum atomic E-state index is 12.5. The van der Waals surface area contributed by atoms with Crippen molar-refractivity contribution in [1.82, 2.24) is 15.2 Å². The highest BCUT2D eigenvalue weighted by Crippen LogP contribution is 2.26. The summed E-state index contributed by atoms with van der Waals surface area (Å²) in [7, 11) is 0. The zero-order valence-corrected chi connectivity index (χ0v) is 10.7. The monoisotopic (exact) mass is 259 g/mol. The summed E-state index contributed by atoms with van der Waals surface area (Å²) in [4.78, 5) is 30.0. The van der Waals surface area contributed by atoms with E-state index in [0.717, 1.165) is 25.7 Å². The zero-order chi connectivity index (χ0) is 13.2. The minimum atomic E-state index is -0.132. The molecule has 1 saturated heterocycles. The van der Waals surface area contributed by atoms with Gasteiger partial charge in [0.2, 0.25) is 5.91 Å². The van der Waals surface area contributed by atoms with Crippen molar-refractivity contribution in [3.05, 3.63) is 30.1 Å². The third kappa shape index (κ3) is 2.32. The van der Waals surface area contributed by atoms with Gasteiger partial charge in [0.25, 0.3) is 5.91 Å². The van der Waals surface area contributed by atoms with Crippen molar-refractivity contribution in [1.29, 1.82) is 0 Å². The molecule has 3 rings (SSSR count). The molecule has 0 bridgehead atoms. The molecule has 0 aromatic carbocycles. The fourth-order valence-electron chi connectivity index (χ4n) is 3.04. The van der Waals surface area contributed by atoms with E-state index in [1.807, 2.05) is 0 Å².